The van der Waals surface area contributed by atoms with Crippen LogP contribution in [0.4, 0.5) is 4.39 Å². The molecule has 6 heteroatoms. The maximum absolute atomic E-state index is 13.3. The number of H-pyrrole nitrogens is 1. The second-order valence-electron chi connectivity index (χ2n) is 4.94. The summed E-state index contributed by atoms with van der Waals surface area (Å²) in [5, 5.41) is 0. The SMILES string of the molecule is CCOc1cc(-c2nc3ccc(F)cc3[nH]2)ccc1OC(C)=O. The number of benzene rings is 2. The summed E-state index contributed by atoms with van der Waals surface area (Å²) in [5.41, 5.74) is 2.03. The first-order valence-electron chi connectivity index (χ1n) is 7.17. The number of carbonyl (C=O) groups is 1. The van der Waals surface area contributed by atoms with Gasteiger partial charge in [0.2, 0.25) is 0 Å². The average Bonchev–Trinajstić information content (AvgIpc) is 2.91. The van der Waals surface area contributed by atoms with Gasteiger partial charge in [-0.3, -0.25) is 4.79 Å². The van der Waals surface area contributed by atoms with E-state index in [-0.39, 0.29) is 5.82 Å². The molecule has 0 fully saturated rings. The van der Waals surface area contributed by atoms with Gasteiger partial charge in [0.1, 0.15) is 11.6 Å². The summed E-state index contributed by atoms with van der Waals surface area (Å²) in [5.74, 6) is 0.642. The van der Waals surface area contributed by atoms with Crippen molar-refractivity contribution in [3.8, 4) is 22.9 Å². The van der Waals surface area contributed by atoms with Crippen LogP contribution in [0, 0.1) is 5.82 Å². The average molecular weight is 314 g/mol. The third kappa shape index (κ3) is 3.15. The minimum atomic E-state index is -0.419. The molecule has 0 unspecified atom stereocenters. The van der Waals surface area contributed by atoms with E-state index in [0.29, 0.717) is 35.0 Å². The molecule has 3 aromatic rings. The Kier molecular flexibility index (Phi) is 3.97. The molecule has 0 radical (unpaired) electrons. The molecule has 0 saturated heterocycles. The first kappa shape index (κ1) is 15.0. The monoisotopic (exact) mass is 314 g/mol. The largest absolute Gasteiger partial charge is 0.490 e. The lowest BCUT2D eigenvalue weighted by Crippen LogP contribution is -2.04. The molecule has 118 valence electrons. The number of aromatic amines is 1. The van der Waals surface area contributed by atoms with Crippen molar-refractivity contribution in [2.45, 2.75) is 13.8 Å². The summed E-state index contributed by atoms with van der Waals surface area (Å²) in [6, 6.07) is 9.51. The number of carbonyl (C=O) groups excluding carboxylic acids is 1. The molecular weight excluding hydrogens is 299 g/mol. The van der Waals surface area contributed by atoms with E-state index >= 15 is 0 Å². The van der Waals surface area contributed by atoms with Gasteiger partial charge in [-0.1, -0.05) is 0 Å². The molecule has 5 nitrogen and oxygen atoms in total. The molecule has 0 bridgehead atoms. The highest BCUT2D eigenvalue weighted by Crippen LogP contribution is 2.32. The highest BCUT2D eigenvalue weighted by molar-refractivity contribution is 5.80. The van der Waals surface area contributed by atoms with Crippen molar-refractivity contribution in [3.05, 3.63) is 42.2 Å². The van der Waals surface area contributed by atoms with Crippen molar-refractivity contribution in [1.82, 2.24) is 9.97 Å². The van der Waals surface area contributed by atoms with Crippen LogP contribution in [0.15, 0.2) is 36.4 Å². The van der Waals surface area contributed by atoms with Gasteiger partial charge in [-0.2, -0.15) is 0 Å². The minimum Gasteiger partial charge on any atom is -0.490 e. The number of rotatable bonds is 4. The van der Waals surface area contributed by atoms with E-state index in [0.717, 1.165) is 5.56 Å². The quantitative estimate of drug-likeness (QED) is 0.589. The predicted octanol–water partition coefficient (Wildman–Crippen LogP) is 3.69. The Morgan fingerprint density at radius 1 is 1.22 bits per heavy atom. The Morgan fingerprint density at radius 3 is 2.78 bits per heavy atom. The highest BCUT2D eigenvalue weighted by atomic mass is 19.1. The van der Waals surface area contributed by atoms with Crippen LogP contribution < -0.4 is 9.47 Å². The van der Waals surface area contributed by atoms with Crippen LogP contribution in [0.25, 0.3) is 22.4 Å². The van der Waals surface area contributed by atoms with E-state index in [9.17, 15) is 9.18 Å². The predicted molar refractivity (Wildman–Crippen MR) is 84.0 cm³/mol. The lowest BCUT2D eigenvalue weighted by Gasteiger charge is -2.10. The Balaban J connectivity index is 2.03. The number of nitrogens with one attached hydrogen (secondary N) is 1. The van der Waals surface area contributed by atoms with Gasteiger partial charge >= 0.3 is 5.97 Å². The van der Waals surface area contributed by atoms with Crippen molar-refractivity contribution in [2.75, 3.05) is 6.61 Å². The fourth-order valence-corrected chi connectivity index (χ4v) is 2.28. The third-order valence-corrected chi connectivity index (χ3v) is 3.21. The Labute approximate surface area is 132 Å². The van der Waals surface area contributed by atoms with E-state index in [1.807, 2.05) is 6.92 Å². The fraction of sp³-hybridized carbons (Fsp3) is 0.176. The maximum atomic E-state index is 13.3. The first-order chi connectivity index (χ1) is 11.1. The summed E-state index contributed by atoms with van der Waals surface area (Å²) < 4.78 is 23.9. The molecule has 3 rings (SSSR count). The first-order valence-corrected chi connectivity index (χ1v) is 7.17. The van der Waals surface area contributed by atoms with Crippen LogP contribution in [0.2, 0.25) is 0 Å². The molecule has 0 aliphatic rings. The van der Waals surface area contributed by atoms with Crippen molar-refractivity contribution in [2.24, 2.45) is 0 Å². The van der Waals surface area contributed by atoms with Gasteiger partial charge in [0.25, 0.3) is 0 Å². The van der Waals surface area contributed by atoms with Gasteiger partial charge in [-0.05, 0) is 43.3 Å². The van der Waals surface area contributed by atoms with Crippen LogP contribution >= 0.6 is 0 Å². The zero-order chi connectivity index (χ0) is 16.4. The molecule has 0 saturated carbocycles. The Bertz CT molecular complexity index is 873. The van der Waals surface area contributed by atoms with Crippen LogP contribution in [0.3, 0.4) is 0 Å². The number of imidazole rings is 1. The molecule has 1 N–H and O–H groups in total. The van der Waals surface area contributed by atoms with Gasteiger partial charge in [0.05, 0.1) is 17.6 Å². The van der Waals surface area contributed by atoms with E-state index in [1.165, 1.54) is 19.1 Å². The molecule has 23 heavy (non-hydrogen) atoms. The van der Waals surface area contributed by atoms with Crippen LogP contribution in [-0.4, -0.2) is 22.5 Å². The van der Waals surface area contributed by atoms with Crippen LogP contribution in [-0.2, 0) is 4.79 Å². The zero-order valence-corrected chi connectivity index (χ0v) is 12.7. The topological polar surface area (TPSA) is 64.2 Å². The minimum absolute atomic E-state index is 0.326. The molecule has 0 atom stereocenters. The molecule has 0 amide bonds. The van der Waals surface area contributed by atoms with Crippen LogP contribution in [0.5, 0.6) is 11.5 Å². The third-order valence-electron chi connectivity index (χ3n) is 3.21. The van der Waals surface area contributed by atoms with Gasteiger partial charge in [-0.15, -0.1) is 0 Å². The van der Waals surface area contributed by atoms with Crippen molar-refractivity contribution in [1.29, 1.82) is 0 Å². The van der Waals surface area contributed by atoms with Gasteiger partial charge < -0.3 is 14.5 Å². The summed E-state index contributed by atoms with van der Waals surface area (Å²) in [6.45, 7) is 3.61. The maximum Gasteiger partial charge on any atom is 0.308 e. The standard InChI is InChI=1S/C17H15FN2O3/c1-3-22-16-8-11(4-7-15(16)23-10(2)21)17-19-13-6-5-12(18)9-14(13)20-17/h4-9H,3H2,1-2H3,(H,19,20). The Hall–Kier alpha value is -2.89. The van der Waals surface area contributed by atoms with E-state index < -0.39 is 5.97 Å². The summed E-state index contributed by atoms with van der Waals surface area (Å²) in [4.78, 5) is 18.6. The highest BCUT2D eigenvalue weighted by Gasteiger charge is 2.12. The summed E-state index contributed by atoms with van der Waals surface area (Å²) in [7, 11) is 0. The molecule has 0 aliphatic heterocycles. The molecule has 0 spiro atoms. The number of hydrogen-bond donors (Lipinski definition) is 1. The second-order valence-corrected chi connectivity index (χ2v) is 4.94. The molecule has 2 aromatic carbocycles. The van der Waals surface area contributed by atoms with E-state index in [2.05, 4.69) is 9.97 Å². The Morgan fingerprint density at radius 2 is 2.04 bits per heavy atom. The zero-order valence-electron chi connectivity index (χ0n) is 12.7. The van der Waals surface area contributed by atoms with Gasteiger partial charge in [0.15, 0.2) is 11.5 Å². The van der Waals surface area contributed by atoms with Gasteiger partial charge in [-0.25, -0.2) is 9.37 Å². The number of hydrogen-bond acceptors (Lipinski definition) is 4. The number of ether oxygens (including phenoxy) is 2. The summed E-state index contributed by atoms with van der Waals surface area (Å²) >= 11 is 0. The summed E-state index contributed by atoms with van der Waals surface area (Å²) in [6.07, 6.45) is 0. The van der Waals surface area contributed by atoms with Crippen molar-refractivity contribution < 1.29 is 18.7 Å². The molecule has 1 aromatic heterocycles. The number of nitrogens with zero attached hydrogens (tertiary/aromatic N) is 1. The number of halogens is 1. The fourth-order valence-electron chi connectivity index (χ4n) is 2.28. The number of aromatic nitrogens is 2. The lowest BCUT2D eigenvalue weighted by atomic mass is 10.2. The number of fused-ring (bicyclic) bond motifs is 1. The van der Waals surface area contributed by atoms with Crippen molar-refractivity contribution in [3.63, 3.8) is 0 Å². The molecule has 0 aliphatic carbocycles. The van der Waals surface area contributed by atoms with E-state index in [1.54, 1.807) is 24.3 Å². The number of esters is 1. The smallest absolute Gasteiger partial charge is 0.308 e. The lowest BCUT2D eigenvalue weighted by molar-refractivity contribution is -0.132. The second kappa shape index (κ2) is 6.08. The van der Waals surface area contributed by atoms with Crippen molar-refractivity contribution >= 4 is 17.0 Å². The molecular formula is C17H15FN2O3. The van der Waals surface area contributed by atoms with Crippen LogP contribution in [0.1, 0.15) is 13.8 Å². The molecule has 1 heterocycles. The van der Waals surface area contributed by atoms with E-state index in [4.69, 9.17) is 9.47 Å². The normalized spacial score (nSPS) is 10.7. The van der Waals surface area contributed by atoms with Gasteiger partial charge in [0, 0.05) is 12.5 Å².